The summed E-state index contributed by atoms with van der Waals surface area (Å²) in [4.78, 5) is 31.5. The maximum atomic E-state index is 14.6. The van der Waals surface area contributed by atoms with E-state index in [1.54, 1.807) is 11.3 Å². The second-order valence-electron chi connectivity index (χ2n) is 14.4. The zero-order chi connectivity index (χ0) is 29.0. The lowest BCUT2D eigenvalue weighted by Gasteiger charge is -2.65. The summed E-state index contributed by atoms with van der Waals surface area (Å²) in [5, 5.41) is 4.35. The first-order chi connectivity index (χ1) is 20.8. The van der Waals surface area contributed by atoms with E-state index in [1.165, 1.54) is 12.8 Å². The molecular weight excluding hydrogens is 561 g/mol. The standard InChI is InChI=1S/C34H36FN5O2S/c1-20-12-26(37-29-27(20)36-19-43-29)22-4-2-6-25(13-22)40(31(41)33-16-34(35,17-33)18-33)15-24-9-11-32(10-3-5-23(24)14-32)30-38-28(39-42-30)21-7-8-21/h2,4,6,12-13,19,21,23-24H,3,5,7-11,14-18H2,1H3. The highest BCUT2D eigenvalue weighted by molar-refractivity contribution is 7.16. The van der Waals surface area contributed by atoms with Gasteiger partial charge in [-0.15, -0.1) is 11.3 Å². The quantitative estimate of drug-likeness (QED) is 0.217. The highest BCUT2D eigenvalue weighted by Gasteiger charge is 2.73. The van der Waals surface area contributed by atoms with Crippen LogP contribution in [0.1, 0.15) is 93.8 Å². The predicted octanol–water partition coefficient (Wildman–Crippen LogP) is 7.69. The van der Waals surface area contributed by atoms with Gasteiger partial charge in [0.2, 0.25) is 11.8 Å². The molecule has 0 spiro atoms. The predicted molar refractivity (Wildman–Crippen MR) is 163 cm³/mol. The van der Waals surface area contributed by atoms with E-state index < -0.39 is 11.1 Å². The van der Waals surface area contributed by atoms with Crippen LogP contribution >= 0.6 is 11.3 Å². The molecule has 4 aromatic rings. The van der Waals surface area contributed by atoms with Crippen molar-refractivity contribution in [2.45, 2.75) is 94.6 Å². The third kappa shape index (κ3) is 4.13. The summed E-state index contributed by atoms with van der Waals surface area (Å²) in [6.45, 7) is 2.73. The Bertz CT molecular complexity index is 1740. The van der Waals surface area contributed by atoms with Crippen LogP contribution in [0.25, 0.3) is 21.6 Å². The molecule has 3 aromatic heterocycles. The molecule has 0 radical (unpaired) electrons. The number of aromatic nitrogens is 4. The van der Waals surface area contributed by atoms with Crippen molar-refractivity contribution in [1.29, 1.82) is 0 Å². The number of rotatable bonds is 7. The van der Waals surface area contributed by atoms with Gasteiger partial charge in [0, 0.05) is 29.1 Å². The molecule has 6 fully saturated rings. The number of anilines is 1. The molecule has 43 heavy (non-hydrogen) atoms. The molecule has 6 aliphatic carbocycles. The second-order valence-corrected chi connectivity index (χ2v) is 15.3. The van der Waals surface area contributed by atoms with Crippen molar-refractivity contribution in [2.75, 3.05) is 11.4 Å². The SMILES string of the molecule is Cc1cc(-c2cccc(N(CC3CCC4(c5nc(C6CC6)no5)CCCC3C4)C(=O)C34CC(F)(C3)C4)c2)nc2scnc12. The summed E-state index contributed by atoms with van der Waals surface area (Å²) in [5.74, 6) is 3.21. The monoisotopic (exact) mass is 597 g/mol. The molecule has 1 aromatic carbocycles. The summed E-state index contributed by atoms with van der Waals surface area (Å²) in [5.41, 5.74) is 4.95. The minimum absolute atomic E-state index is 0.0262. The summed E-state index contributed by atoms with van der Waals surface area (Å²) in [6, 6.07) is 10.3. The van der Waals surface area contributed by atoms with E-state index >= 15 is 0 Å². The summed E-state index contributed by atoms with van der Waals surface area (Å²) in [7, 11) is 0. The number of benzene rings is 1. The molecule has 10 rings (SSSR count). The van der Waals surface area contributed by atoms with E-state index in [-0.39, 0.29) is 11.3 Å². The zero-order valence-electron chi connectivity index (χ0n) is 24.5. The molecule has 4 bridgehead atoms. The van der Waals surface area contributed by atoms with Gasteiger partial charge < -0.3 is 9.42 Å². The first-order valence-electron chi connectivity index (χ1n) is 16.0. The number of pyridine rings is 1. The lowest BCUT2D eigenvalue weighted by molar-refractivity contribution is -0.211. The number of fused-ring (bicyclic) bond motifs is 3. The van der Waals surface area contributed by atoms with Gasteiger partial charge in [-0.25, -0.2) is 14.4 Å². The number of aryl methyl sites for hydroxylation is 1. The molecule has 0 saturated heterocycles. The van der Waals surface area contributed by atoms with E-state index in [0.717, 1.165) is 83.1 Å². The summed E-state index contributed by atoms with van der Waals surface area (Å²) < 4.78 is 20.6. The minimum Gasteiger partial charge on any atom is -0.339 e. The maximum Gasteiger partial charge on any atom is 0.233 e. The third-order valence-corrected chi connectivity index (χ3v) is 12.1. The van der Waals surface area contributed by atoms with Crippen LogP contribution in [0.5, 0.6) is 0 Å². The molecule has 222 valence electrons. The molecular formula is C34H36FN5O2S. The average Bonchev–Trinajstić information content (AvgIpc) is 3.49. The van der Waals surface area contributed by atoms with Crippen molar-refractivity contribution in [1.82, 2.24) is 20.1 Å². The fraction of sp³-hybridized carbons (Fsp3) is 0.559. The van der Waals surface area contributed by atoms with Crippen LogP contribution in [0.2, 0.25) is 0 Å². The molecule has 3 heterocycles. The Kier molecular flexibility index (Phi) is 5.59. The molecule has 0 aliphatic heterocycles. The number of alkyl halides is 1. The van der Waals surface area contributed by atoms with Crippen LogP contribution in [0.4, 0.5) is 10.1 Å². The number of nitrogens with zero attached hydrogens (tertiary/aromatic N) is 5. The minimum atomic E-state index is -1.12. The van der Waals surface area contributed by atoms with Crippen LogP contribution < -0.4 is 4.90 Å². The van der Waals surface area contributed by atoms with Crippen molar-refractivity contribution in [2.24, 2.45) is 17.3 Å². The van der Waals surface area contributed by atoms with Crippen LogP contribution in [0.15, 0.2) is 40.4 Å². The molecule has 7 nitrogen and oxygen atoms in total. The molecule has 3 unspecified atom stereocenters. The number of carbonyl (C=O) groups excluding carboxylic acids is 1. The van der Waals surface area contributed by atoms with E-state index in [1.807, 2.05) is 22.5 Å². The highest BCUT2D eigenvalue weighted by Crippen LogP contribution is 2.70. The Labute approximate surface area is 254 Å². The molecule has 0 N–H and O–H groups in total. The molecule has 1 amide bonds. The summed E-state index contributed by atoms with van der Waals surface area (Å²) in [6.07, 6.45) is 9.94. The number of amides is 1. The average molecular weight is 598 g/mol. The number of hydrogen-bond donors (Lipinski definition) is 0. The van der Waals surface area contributed by atoms with Crippen molar-refractivity contribution >= 4 is 33.3 Å². The number of halogens is 1. The fourth-order valence-electron chi connectivity index (χ4n) is 8.94. The van der Waals surface area contributed by atoms with Crippen molar-refractivity contribution in [3.05, 3.63) is 53.1 Å². The molecule has 6 saturated carbocycles. The zero-order valence-corrected chi connectivity index (χ0v) is 25.3. The van der Waals surface area contributed by atoms with Crippen LogP contribution in [0, 0.1) is 24.2 Å². The Hall–Kier alpha value is -3.20. The Morgan fingerprint density at radius 1 is 1.12 bits per heavy atom. The highest BCUT2D eigenvalue weighted by atomic mass is 32.1. The van der Waals surface area contributed by atoms with Crippen molar-refractivity contribution in [3.8, 4) is 11.3 Å². The van der Waals surface area contributed by atoms with E-state index in [4.69, 9.17) is 14.5 Å². The Morgan fingerprint density at radius 3 is 2.79 bits per heavy atom. The lowest BCUT2D eigenvalue weighted by atomic mass is 9.42. The smallest absolute Gasteiger partial charge is 0.233 e. The summed E-state index contributed by atoms with van der Waals surface area (Å²) >= 11 is 1.54. The Balaban J connectivity index is 1.02. The van der Waals surface area contributed by atoms with Gasteiger partial charge in [-0.05, 0) is 100 Å². The van der Waals surface area contributed by atoms with Gasteiger partial charge in [0.25, 0.3) is 0 Å². The van der Waals surface area contributed by atoms with Gasteiger partial charge in [-0.2, -0.15) is 4.98 Å². The van der Waals surface area contributed by atoms with Gasteiger partial charge >= 0.3 is 0 Å². The van der Waals surface area contributed by atoms with Crippen LogP contribution in [0.3, 0.4) is 0 Å². The van der Waals surface area contributed by atoms with Gasteiger partial charge in [0.15, 0.2) is 5.82 Å². The van der Waals surface area contributed by atoms with Crippen LogP contribution in [-0.2, 0) is 10.2 Å². The fourth-order valence-corrected chi connectivity index (χ4v) is 9.67. The topological polar surface area (TPSA) is 85.0 Å². The van der Waals surface area contributed by atoms with Gasteiger partial charge in [0.05, 0.1) is 16.6 Å². The van der Waals surface area contributed by atoms with Crippen molar-refractivity contribution < 1.29 is 13.7 Å². The Morgan fingerprint density at radius 2 is 1.98 bits per heavy atom. The van der Waals surface area contributed by atoms with Gasteiger partial charge in [-0.3, -0.25) is 4.79 Å². The molecule has 3 atom stereocenters. The van der Waals surface area contributed by atoms with Crippen LogP contribution in [-0.4, -0.2) is 38.2 Å². The number of carbonyl (C=O) groups is 1. The normalized spacial score (nSPS) is 32.7. The molecule has 9 heteroatoms. The first kappa shape index (κ1) is 26.2. The number of thiazole rings is 1. The third-order valence-electron chi connectivity index (χ3n) is 11.4. The first-order valence-corrected chi connectivity index (χ1v) is 16.9. The van der Waals surface area contributed by atoms with E-state index in [9.17, 15) is 9.18 Å². The van der Waals surface area contributed by atoms with Gasteiger partial charge in [0.1, 0.15) is 16.0 Å². The maximum absolute atomic E-state index is 14.6. The van der Waals surface area contributed by atoms with Gasteiger partial charge in [-0.1, -0.05) is 30.1 Å². The number of hydrogen-bond acceptors (Lipinski definition) is 7. The van der Waals surface area contributed by atoms with E-state index in [0.29, 0.717) is 43.6 Å². The second kappa shape index (κ2) is 9.16. The van der Waals surface area contributed by atoms with Crippen molar-refractivity contribution in [3.63, 3.8) is 0 Å². The van der Waals surface area contributed by atoms with E-state index in [2.05, 4.69) is 35.3 Å². The molecule has 6 aliphatic rings. The lowest BCUT2D eigenvalue weighted by Crippen LogP contribution is -2.70. The largest absolute Gasteiger partial charge is 0.339 e.